The first-order chi connectivity index (χ1) is 9.72. The summed E-state index contributed by atoms with van der Waals surface area (Å²) in [6, 6.07) is 7.37. The maximum Gasteiger partial charge on any atom is 0.221 e. The van der Waals surface area contributed by atoms with Crippen LogP contribution in [0.15, 0.2) is 30.5 Å². The lowest BCUT2D eigenvalue weighted by Gasteiger charge is -2.13. The van der Waals surface area contributed by atoms with Crippen molar-refractivity contribution in [1.82, 2.24) is 9.97 Å². The van der Waals surface area contributed by atoms with Gasteiger partial charge in [-0.2, -0.15) is 4.98 Å². The van der Waals surface area contributed by atoms with Crippen LogP contribution in [-0.4, -0.2) is 23.2 Å². The molecule has 1 heterocycles. The van der Waals surface area contributed by atoms with E-state index in [-0.39, 0.29) is 5.95 Å². The van der Waals surface area contributed by atoms with Crippen LogP contribution in [0.3, 0.4) is 0 Å². The highest BCUT2D eigenvalue weighted by atomic mass is 16.5. The standard InChI is InChI=1S/C14H18N4O2/c1-3-19-11-6-5-10(9-12(11)20-4-2)17-13-7-8-16-14(15)18-13/h5-9H,3-4H2,1-2H3,(H3,15,16,17,18). The molecule has 20 heavy (non-hydrogen) atoms. The van der Waals surface area contributed by atoms with E-state index in [0.29, 0.717) is 24.8 Å². The Balaban J connectivity index is 2.22. The number of nitrogens with one attached hydrogen (secondary N) is 1. The lowest BCUT2D eigenvalue weighted by molar-refractivity contribution is 0.288. The molecule has 0 aliphatic rings. The Hall–Kier alpha value is -2.50. The van der Waals surface area contributed by atoms with E-state index in [1.807, 2.05) is 32.0 Å². The van der Waals surface area contributed by atoms with E-state index in [1.54, 1.807) is 12.3 Å². The minimum atomic E-state index is 0.228. The third kappa shape index (κ3) is 3.50. The highest BCUT2D eigenvalue weighted by Crippen LogP contribution is 2.31. The Morgan fingerprint density at radius 3 is 2.55 bits per heavy atom. The fourth-order valence-corrected chi connectivity index (χ4v) is 1.72. The van der Waals surface area contributed by atoms with Gasteiger partial charge in [-0.05, 0) is 32.0 Å². The van der Waals surface area contributed by atoms with E-state index < -0.39 is 0 Å². The summed E-state index contributed by atoms with van der Waals surface area (Å²) in [5.41, 5.74) is 6.39. The predicted molar refractivity (Wildman–Crippen MR) is 78.5 cm³/mol. The van der Waals surface area contributed by atoms with Gasteiger partial charge in [0.05, 0.1) is 13.2 Å². The molecule has 0 saturated carbocycles. The highest BCUT2D eigenvalue weighted by molar-refractivity contribution is 5.61. The van der Waals surface area contributed by atoms with E-state index >= 15 is 0 Å². The van der Waals surface area contributed by atoms with Crippen LogP contribution in [0.4, 0.5) is 17.5 Å². The minimum absolute atomic E-state index is 0.228. The van der Waals surface area contributed by atoms with Crippen LogP contribution in [0.1, 0.15) is 13.8 Å². The molecule has 0 aliphatic heterocycles. The molecule has 6 nitrogen and oxygen atoms in total. The SMILES string of the molecule is CCOc1ccc(Nc2ccnc(N)n2)cc1OCC. The van der Waals surface area contributed by atoms with Crippen molar-refractivity contribution in [3.05, 3.63) is 30.5 Å². The molecule has 0 aliphatic carbocycles. The van der Waals surface area contributed by atoms with Crippen LogP contribution < -0.4 is 20.5 Å². The highest BCUT2D eigenvalue weighted by Gasteiger charge is 2.06. The van der Waals surface area contributed by atoms with Gasteiger partial charge in [0, 0.05) is 18.0 Å². The molecule has 2 aromatic rings. The normalized spacial score (nSPS) is 10.1. The van der Waals surface area contributed by atoms with Gasteiger partial charge < -0.3 is 20.5 Å². The topological polar surface area (TPSA) is 82.3 Å². The van der Waals surface area contributed by atoms with Crippen LogP contribution in [0.25, 0.3) is 0 Å². The number of nitrogens with two attached hydrogens (primary N) is 1. The van der Waals surface area contributed by atoms with Crippen molar-refractivity contribution < 1.29 is 9.47 Å². The van der Waals surface area contributed by atoms with Crippen molar-refractivity contribution in [1.29, 1.82) is 0 Å². The molecule has 0 radical (unpaired) electrons. The molecule has 0 bridgehead atoms. The fourth-order valence-electron chi connectivity index (χ4n) is 1.72. The molecule has 2 rings (SSSR count). The quantitative estimate of drug-likeness (QED) is 0.842. The second kappa shape index (κ2) is 6.60. The van der Waals surface area contributed by atoms with E-state index in [2.05, 4.69) is 15.3 Å². The predicted octanol–water partition coefficient (Wildman–Crippen LogP) is 2.60. The number of hydrogen-bond donors (Lipinski definition) is 2. The average Bonchev–Trinajstić information content (AvgIpc) is 2.42. The van der Waals surface area contributed by atoms with Crippen molar-refractivity contribution in [3.8, 4) is 11.5 Å². The van der Waals surface area contributed by atoms with Gasteiger partial charge in [-0.25, -0.2) is 4.98 Å². The Bertz CT molecular complexity index is 575. The number of anilines is 3. The van der Waals surface area contributed by atoms with Crippen LogP contribution in [-0.2, 0) is 0 Å². The van der Waals surface area contributed by atoms with Crippen LogP contribution in [0.5, 0.6) is 11.5 Å². The molecular formula is C14H18N4O2. The lowest BCUT2D eigenvalue weighted by atomic mass is 10.2. The molecule has 0 amide bonds. The summed E-state index contributed by atoms with van der Waals surface area (Å²) in [4.78, 5) is 7.94. The summed E-state index contributed by atoms with van der Waals surface area (Å²) in [5, 5.41) is 3.15. The fraction of sp³-hybridized carbons (Fsp3) is 0.286. The molecular weight excluding hydrogens is 256 g/mol. The molecule has 1 aromatic carbocycles. The Kier molecular flexibility index (Phi) is 4.60. The third-order valence-electron chi connectivity index (χ3n) is 2.49. The van der Waals surface area contributed by atoms with Gasteiger partial charge in [0.2, 0.25) is 5.95 Å². The summed E-state index contributed by atoms with van der Waals surface area (Å²) in [6.07, 6.45) is 1.60. The summed E-state index contributed by atoms with van der Waals surface area (Å²) in [7, 11) is 0. The molecule has 0 unspecified atom stereocenters. The van der Waals surface area contributed by atoms with E-state index in [4.69, 9.17) is 15.2 Å². The number of nitrogen functional groups attached to an aromatic ring is 1. The Morgan fingerprint density at radius 2 is 1.85 bits per heavy atom. The van der Waals surface area contributed by atoms with E-state index in [0.717, 1.165) is 11.4 Å². The third-order valence-corrected chi connectivity index (χ3v) is 2.49. The second-order valence-electron chi connectivity index (χ2n) is 3.95. The van der Waals surface area contributed by atoms with Crippen LogP contribution in [0.2, 0.25) is 0 Å². The van der Waals surface area contributed by atoms with E-state index in [1.165, 1.54) is 0 Å². The van der Waals surface area contributed by atoms with Gasteiger partial charge in [0.25, 0.3) is 0 Å². The van der Waals surface area contributed by atoms with Gasteiger partial charge >= 0.3 is 0 Å². The zero-order chi connectivity index (χ0) is 14.4. The van der Waals surface area contributed by atoms with Gasteiger partial charge in [0.1, 0.15) is 5.82 Å². The number of aromatic nitrogens is 2. The summed E-state index contributed by atoms with van der Waals surface area (Å²) >= 11 is 0. The minimum Gasteiger partial charge on any atom is -0.490 e. The largest absolute Gasteiger partial charge is 0.490 e. The first kappa shape index (κ1) is 13.9. The van der Waals surface area contributed by atoms with Gasteiger partial charge in [-0.1, -0.05) is 0 Å². The van der Waals surface area contributed by atoms with Crippen LogP contribution in [0, 0.1) is 0 Å². The molecule has 0 atom stereocenters. The van der Waals surface area contributed by atoms with Crippen molar-refractivity contribution in [3.63, 3.8) is 0 Å². The first-order valence-corrected chi connectivity index (χ1v) is 6.48. The monoisotopic (exact) mass is 274 g/mol. The molecule has 6 heteroatoms. The van der Waals surface area contributed by atoms with Gasteiger partial charge in [-0.15, -0.1) is 0 Å². The summed E-state index contributed by atoms with van der Waals surface area (Å²) < 4.78 is 11.1. The molecule has 0 fully saturated rings. The van der Waals surface area contributed by atoms with Gasteiger partial charge in [-0.3, -0.25) is 0 Å². The van der Waals surface area contributed by atoms with Crippen molar-refractivity contribution in [2.45, 2.75) is 13.8 Å². The zero-order valence-electron chi connectivity index (χ0n) is 11.6. The number of benzene rings is 1. The number of hydrogen-bond acceptors (Lipinski definition) is 6. The summed E-state index contributed by atoms with van der Waals surface area (Å²) in [5.74, 6) is 2.28. The zero-order valence-corrected chi connectivity index (χ0v) is 11.6. The van der Waals surface area contributed by atoms with E-state index in [9.17, 15) is 0 Å². The molecule has 1 aromatic heterocycles. The maximum absolute atomic E-state index is 5.57. The van der Waals surface area contributed by atoms with Crippen molar-refractivity contribution in [2.24, 2.45) is 0 Å². The lowest BCUT2D eigenvalue weighted by Crippen LogP contribution is -2.01. The first-order valence-electron chi connectivity index (χ1n) is 6.48. The molecule has 3 N–H and O–H groups in total. The molecule has 106 valence electrons. The number of rotatable bonds is 6. The second-order valence-corrected chi connectivity index (χ2v) is 3.95. The van der Waals surface area contributed by atoms with Crippen molar-refractivity contribution >= 4 is 17.5 Å². The number of nitrogens with zero attached hydrogens (tertiary/aromatic N) is 2. The molecule has 0 spiro atoms. The molecule has 0 saturated heterocycles. The van der Waals surface area contributed by atoms with Crippen LogP contribution >= 0.6 is 0 Å². The number of ether oxygens (including phenoxy) is 2. The Labute approximate surface area is 118 Å². The average molecular weight is 274 g/mol. The van der Waals surface area contributed by atoms with Crippen molar-refractivity contribution in [2.75, 3.05) is 24.3 Å². The Morgan fingerprint density at radius 1 is 1.10 bits per heavy atom. The maximum atomic E-state index is 5.57. The summed E-state index contributed by atoms with van der Waals surface area (Å²) in [6.45, 7) is 5.03. The smallest absolute Gasteiger partial charge is 0.221 e. The van der Waals surface area contributed by atoms with Gasteiger partial charge in [0.15, 0.2) is 11.5 Å².